The molecule has 1 aromatic rings. The Morgan fingerprint density at radius 3 is 2.74 bits per heavy atom. The van der Waals surface area contributed by atoms with E-state index in [1.165, 1.54) is 6.33 Å². The summed E-state index contributed by atoms with van der Waals surface area (Å²) in [4.78, 5) is 10.5. The molecule has 6 heteroatoms. The third-order valence-corrected chi connectivity index (χ3v) is 3.18. The number of nitrogens with one attached hydrogen (secondary N) is 1. The molecule has 1 rings (SSSR count). The summed E-state index contributed by atoms with van der Waals surface area (Å²) in [6.07, 6.45) is 1.49. The van der Waals surface area contributed by atoms with Crippen molar-refractivity contribution in [2.45, 2.75) is 19.8 Å². The molecule has 0 fully saturated rings. The predicted octanol–water partition coefficient (Wildman–Crippen LogP) is 2.24. The number of hydrogen-bond acceptors (Lipinski definition) is 5. The van der Waals surface area contributed by atoms with E-state index in [0.29, 0.717) is 11.1 Å². The van der Waals surface area contributed by atoms with Crippen LogP contribution >= 0.6 is 11.6 Å². The third kappa shape index (κ3) is 5.30. The molecule has 1 aromatic heterocycles. The maximum absolute atomic E-state index is 6.12. The van der Waals surface area contributed by atoms with Gasteiger partial charge in [-0.2, -0.15) is 0 Å². The molecule has 0 amide bonds. The SMILES string of the molecule is COCCN(C)CCNc1ncnc(Cl)c1C(C)C. The average molecular weight is 287 g/mol. The van der Waals surface area contributed by atoms with Crippen molar-refractivity contribution in [3.63, 3.8) is 0 Å². The van der Waals surface area contributed by atoms with Gasteiger partial charge in [-0.1, -0.05) is 25.4 Å². The van der Waals surface area contributed by atoms with Crippen LogP contribution in [0.3, 0.4) is 0 Å². The van der Waals surface area contributed by atoms with Crippen molar-refractivity contribution in [1.29, 1.82) is 0 Å². The highest BCUT2D eigenvalue weighted by Crippen LogP contribution is 2.27. The van der Waals surface area contributed by atoms with Crippen molar-refractivity contribution in [2.75, 3.05) is 45.7 Å². The van der Waals surface area contributed by atoms with Gasteiger partial charge in [-0.05, 0) is 13.0 Å². The normalized spacial score (nSPS) is 11.3. The van der Waals surface area contributed by atoms with Crippen LogP contribution in [0.1, 0.15) is 25.3 Å². The number of aromatic nitrogens is 2. The molecular formula is C13H23ClN4O. The lowest BCUT2D eigenvalue weighted by Crippen LogP contribution is -2.28. The Kier molecular flexibility index (Phi) is 7.05. The van der Waals surface area contributed by atoms with Crippen LogP contribution in [0.4, 0.5) is 5.82 Å². The standard InChI is InChI=1S/C13H23ClN4O/c1-10(2)11-12(14)16-9-17-13(11)15-5-6-18(3)7-8-19-4/h9-10H,5-8H2,1-4H3,(H,15,16,17). The molecule has 0 radical (unpaired) electrons. The van der Waals surface area contributed by atoms with Gasteiger partial charge in [0.1, 0.15) is 17.3 Å². The predicted molar refractivity (Wildman–Crippen MR) is 79.0 cm³/mol. The van der Waals surface area contributed by atoms with Gasteiger partial charge in [0.25, 0.3) is 0 Å². The van der Waals surface area contributed by atoms with Crippen molar-refractivity contribution in [3.8, 4) is 0 Å². The number of rotatable bonds is 8. The molecule has 0 aromatic carbocycles. The quantitative estimate of drug-likeness (QED) is 0.743. The first kappa shape index (κ1) is 16.1. The molecule has 0 unspecified atom stereocenters. The number of likely N-dealkylation sites (N-methyl/N-ethyl adjacent to an activating group) is 1. The van der Waals surface area contributed by atoms with Crippen LogP contribution in [0, 0.1) is 0 Å². The van der Waals surface area contributed by atoms with Crippen molar-refractivity contribution in [1.82, 2.24) is 14.9 Å². The van der Waals surface area contributed by atoms with Crippen LogP contribution in [0.15, 0.2) is 6.33 Å². The van der Waals surface area contributed by atoms with E-state index < -0.39 is 0 Å². The Morgan fingerprint density at radius 1 is 1.37 bits per heavy atom. The smallest absolute Gasteiger partial charge is 0.138 e. The molecule has 0 aliphatic rings. The molecule has 5 nitrogen and oxygen atoms in total. The maximum atomic E-state index is 6.12. The second kappa shape index (κ2) is 8.30. The summed E-state index contributed by atoms with van der Waals surface area (Å²) in [5.74, 6) is 1.12. The van der Waals surface area contributed by atoms with Crippen LogP contribution in [0.25, 0.3) is 0 Å². The highest BCUT2D eigenvalue weighted by molar-refractivity contribution is 6.30. The monoisotopic (exact) mass is 286 g/mol. The Hall–Kier alpha value is -0.910. The average Bonchev–Trinajstić information content (AvgIpc) is 2.36. The summed E-state index contributed by atoms with van der Waals surface area (Å²) in [5, 5.41) is 3.85. The number of ether oxygens (including phenoxy) is 1. The Morgan fingerprint density at radius 2 is 2.11 bits per heavy atom. The van der Waals surface area contributed by atoms with E-state index >= 15 is 0 Å². The van der Waals surface area contributed by atoms with Gasteiger partial charge in [0.05, 0.1) is 6.61 Å². The first-order chi connectivity index (χ1) is 9.06. The number of methoxy groups -OCH3 is 1. The molecule has 1 heterocycles. The van der Waals surface area contributed by atoms with Crippen molar-refractivity contribution in [2.24, 2.45) is 0 Å². The van der Waals surface area contributed by atoms with Crippen LogP contribution in [-0.4, -0.2) is 55.3 Å². The molecule has 0 aliphatic heterocycles. The summed E-state index contributed by atoms with van der Waals surface area (Å²) >= 11 is 6.12. The number of hydrogen-bond donors (Lipinski definition) is 1. The van der Waals surface area contributed by atoms with E-state index in [4.69, 9.17) is 16.3 Å². The molecule has 0 spiro atoms. The van der Waals surface area contributed by atoms with Crippen molar-refractivity contribution >= 4 is 17.4 Å². The molecule has 108 valence electrons. The van der Waals surface area contributed by atoms with Gasteiger partial charge in [-0.25, -0.2) is 9.97 Å². The maximum Gasteiger partial charge on any atom is 0.138 e. The Labute approximate surface area is 120 Å². The zero-order chi connectivity index (χ0) is 14.3. The Bertz CT molecular complexity index is 387. The number of anilines is 1. The second-order valence-corrected chi connectivity index (χ2v) is 5.16. The van der Waals surface area contributed by atoms with E-state index in [-0.39, 0.29) is 0 Å². The first-order valence-electron chi connectivity index (χ1n) is 6.48. The van der Waals surface area contributed by atoms with Crippen LogP contribution in [0.5, 0.6) is 0 Å². The molecule has 0 aliphatic carbocycles. The van der Waals surface area contributed by atoms with Gasteiger partial charge in [0.15, 0.2) is 0 Å². The largest absolute Gasteiger partial charge is 0.383 e. The van der Waals surface area contributed by atoms with Crippen LogP contribution < -0.4 is 5.32 Å². The minimum absolute atomic E-state index is 0.294. The zero-order valence-electron chi connectivity index (χ0n) is 12.1. The topological polar surface area (TPSA) is 50.3 Å². The highest BCUT2D eigenvalue weighted by Gasteiger charge is 2.13. The number of halogens is 1. The van der Waals surface area contributed by atoms with E-state index in [9.17, 15) is 0 Å². The lowest BCUT2D eigenvalue weighted by molar-refractivity contribution is 0.163. The molecular weight excluding hydrogens is 264 g/mol. The molecule has 0 saturated carbocycles. The van der Waals surface area contributed by atoms with E-state index in [2.05, 4.69) is 41.1 Å². The zero-order valence-corrected chi connectivity index (χ0v) is 12.9. The molecule has 0 bridgehead atoms. The molecule has 0 atom stereocenters. The second-order valence-electron chi connectivity index (χ2n) is 4.80. The summed E-state index contributed by atoms with van der Waals surface area (Å²) in [6.45, 7) is 7.56. The highest BCUT2D eigenvalue weighted by atomic mass is 35.5. The minimum atomic E-state index is 0.294. The first-order valence-corrected chi connectivity index (χ1v) is 6.85. The summed E-state index contributed by atoms with van der Waals surface area (Å²) < 4.78 is 5.04. The van der Waals surface area contributed by atoms with Gasteiger partial charge in [-0.3, -0.25) is 0 Å². The summed E-state index contributed by atoms with van der Waals surface area (Å²) in [7, 11) is 3.78. The van der Waals surface area contributed by atoms with Gasteiger partial charge < -0.3 is 15.0 Å². The van der Waals surface area contributed by atoms with Gasteiger partial charge in [0, 0.05) is 32.3 Å². The molecule has 19 heavy (non-hydrogen) atoms. The van der Waals surface area contributed by atoms with Crippen LogP contribution in [0.2, 0.25) is 5.15 Å². The number of nitrogens with zero attached hydrogens (tertiary/aromatic N) is 3. The fourth-order valence-corrected chi connectivity index (χ4v) is 2.10. The summed E-state index contributed by atoms with van der Waals surface area (Å²) in [6, 6.07) is 0. The van der Waals surface area contributed by atoms with Crippen LogP contribution in [-0.2, 0) is 4.74 Å². The Balaban J connectivity index is 2.51. The van der Waals surface area contributed by atoms with E-state index in [1.807, 2.05) is 0 Å². The minimum Gasteiger partial charge on any atom is -0.383 e. The van der Waals surface area contributed by atoms with E-state index in [0.717, 1.165) is 37.6 Å². The van der Waals surface area contributed by atoms with Crippen molar-refractivity contribution < 1.29 is 4.74 Å². The fraction of sp³-hybridized carbons (Fsp3) is 0.692. The van der Waals surface area contributed by atoms with Gasteiger partial charge in [0.2, 0.25) is 0 Å². The molecule has 0 saturated heterocycles. The fourth-order valence-electron chi connectivity index (χ4n) is 1.75. The lowest BCUT2D eigenvalue weighted by Gasteiger charge is -2.18. The summed E-state index contributed by atoms with van der Waals surface area (Å²) in [5.41, 5.74) is 0.976. The molecule has 1 N–H and O–H groups in total. The third-order valence-electron chi connectivity index (χ3n) is 2.88. The van der Waals surface area contributed by atoms with Crippen molar-refractivity contribution in [3.05, 3.63) is 17.0 Å². The van der Waals surface area contributed by atoms with E-state index in [1.54, 1.807) is 7.11 Å². The van der Waals surface area contributed by atoms with Gasteiger partial charge >= 0.3 is 0 Å². The lowest BCUT2D eigenvalue weighted by atomic mass is 10.1. The van der Waals surface area contributed by atoms with Gasteiger partial charge in [-0.15, -0.1) is 0 Å².